The van der Waals surface area contributed by atoms with Gasteiger partial charge in [-0.25, -0.2) is 0 Å². The van der Waals surface area contributed by atoms with Crippen molar-refractivity contribution in [1.82, 2.24) is 4.90 Å². The number of hydrogen-bond acceptors (Lipinski definition) is 1. The summed E-state index contributed by atoms with van der Waals surface area (Å²) in [7, 11) is 0. The second kappa shape index (κ2) is 7.57. The summed E-state index contributed by atoms with van der Waals surface area (Å²) in [6.45, 7) is 13.4. The van der Waals surface area contributed by atoms with Crippen LogP contribution in [0.15, 0.2) is 43.5 Å². The first-order valence-corrected chi connectivity index (χ1v) is 6.85. The monoisotopic (exact) mass is 257 g/mol. The van der Waals surface area contributed by atoms with Crippen molar-refractivity contribution >= 4 is 11.5 Å². The third-order valence-electron chi connectivity index (χ3n) is 3.02. The largest absolute Gasteiger partial charge is 0.339 e. The lowest BCUT2D eigenvalue weighted by Gasteiger charge is -2.21. The third kappa shape index (κ3) is 4.09. The molecule has 0 radical (unpaired) electrons. The van der Waals surface area contributed by atoms with E-state index in [9.17, 15) is 4.79 Å². The normalized spacial score (nSPS) is 10.0. The van der Waals surface area contributed by atoms with E-state index in [0.29, 0.717) is 0 Å². The lowest BCUT2D eigenvalue weighted by molar-refractivity contribution is 0.0755. The van der Waals surface area contributed by atoms with E-state index in [0.717, 1.165) is 42.6 Å². The smallest absolute Gasteiger partial charge is 0.253 e. The number of benzene rings is 1. The predicted octanol–water partition coefficient (Wildman–Crippen LogP) is 4.15. The zero-order chi connectivity index (χ0) is 14.3. The summed E-state index contributed by atoms with van der Waals surface area (Å²) in [5, 5.41) is 0. The lowest BCUT2D eigenvalue weighted by Crippen LogP contribution is -2.32. The van der Waals surface area contributed by atoms with Crippen LogP contribution in [0.3, 0.4) is 0 Å². The Morgan fingerprint density at radius 2 is 1.58 bits per heavy atom. The van der Waals surface area contributed by atoms with Crippen LogP contribution < -0.4 is 0 Å². The quantitative estimate of drug-likeness (QED) is 0.672. The highest BCUT2D eigenvalue weighted by atomic mass is 16.2. The molecule has 1 aromatic rings. The van der Waals surface area contributed by atoms with Crippen LogP contribution in [-0.2, 0) is 0 Å². The number of carbonyl (C=O) groups is 1. The average molecular weight is 257 g/mol. The van der Waals surface area contributed by atoms with E-state index in [1.807, 2.05) is 29.2 Å². The summed E-state index contributed by atoms with van der Waals surface area (Å²) >= 11 is 0. The van der Waals surface area contributed by atoms with Gasteiger partial charge in [-0.05, 0) is 36.1 Å². The molecular weight excluding hydrogens is 234 g/mol. The molecule has 0 fully saturated rings. The van der Waals surface area contributed by atoms with Crippen molar-refractivity contribution in [3.63, 3.8) is 0 Å². The maximum absolute atomic E-state index is 12.4. The number of carbonyl (C=O) groups excluding carboxylic acids is 1. The van der Waals surface area contributed by atoms with Crippen molar-refractivity contribution < 1.29 is 4.79 Å². The van der Waals surface area contributed by atoms with Crippen LogP contribution in [-0.4, -0.2) is 23.9 Å². The Labute approximate surface area is 116 Å². The number of amides is 1. The number of allylic oxidation sites excluding steroid dienone is 2. The Bertz CT molecular complexity index is 439. The Hall–Kier alpha value is -1.83. The van der Waals surface area contributed by atoms with Crippen LogP contribution in [0.4, 0.5) is 0 Å². The van der Waals surface area contributed by atoms with E-state index in [2.05, 4.69) is 27.0 Å². The van der Waals surface area contributed by atoms with Gasteiger partial charge in [0, 0.05) is 18.7 Å². The van der Waals surface area contributed by atoms with Crippen molar-refractivity contribution in [1.29, 1.82) is 0 Å². The summed E-state index contributed by atoms with van der Waals surface area (Å²) in [5.41, 5.74) is 2.62. The van der Waals surface area contributed by atoms with E-state index < -0.39 is 0 Å². The molecular formula is C17H23NO. The molecule has 0 heterocycles. The molecule has 0 spiro atoms. The Morgan fingerprint density at radius 1 is 1.11 bits per heavy atom. The van der Waals surface area contributed by atoms with Crippen molar-refractivity contribution in [3.8, 4) is 0 Å². The maximum Gasteiger partial charge on any atom is 0.253 e. The van der Waals surface area contributed by atoms with Gasteiger partial charge in [0.25, 0.3) is 5.91 Å². The minimum atomic E-state index is 0.111. The molecule has 1 aromatic carbocycles. The molecule has 19 heavy (non-hydrogen) atoms. The van der Waals surface area contributed by atoms with E-state index in [-0.39, 0.29) is 5.91 Å². The number of hydrogen-bond donors (Lipinski definition) is 0. The molecule has 2 nitrogen and oxygen atoms in total. The Morgan fingerprint density at radius 3 is 2.00 bits per heavy atom. The van der Waals surface area contributed by atoms with E-state index in [1.54, 1.807) is 6.08 Å². The number of nitrogens with zero attached hydrogens (tertiary/aromatic N) is 1. The third-order valence-corrected chi connectivity index (χ3v) is 3.02. The molecule has 1 amide bonds. The fourth-order valence-electron chi connectivity index (χ4n) is 1.98. The average Bonchev–Trinajstić information content (AvgIpc) is 2.45. The van der Waals surface area contributed by atoms with E-state index >= 15 is 0 Å². The maximum atomic E-state index is 12.4. The summed E-state index contributed by atoms with van der Waals surface area (Å²) in [4.78, 5) is 14.3. The molecule has 0 atom stereocenters. The fourth-order valence-corrected chi connectivity index (χ4v) is 1.98. The highest BCUT2D eigenvalue weighted by Crippen LogP contribution is 2.15. The van der Waals surface area contributed by atoms with Gasteiger partial charge in [0.1, 0.15) is 0 Å². The summed E-state index contributed by atoms with van der Waals surface area (Å²) in [6, 6.07) is 7.58. The zero-order valence-electron chi connectivity index (χ0n) is 12.0. The van der Waals surface area contributed by atoms with Gasteiger partial charge in [0.15, 0.2) is 0 Å². The van der Waals surface area contributed by atoms with Crippen molar-refractivity contribution in [2.45, 2.75) is 26.7 Å². The van der Waals surface area contributed by atoms with Gasteiger partial charge in [-0.1, -0.05) is 45.2 Å². The van der Waals surface area contributed by atoms with Crippen LogP contribution in [0.1, 0.15) is 42.6 Å². The molecule has 0 unspecified atom stereocenters. The van der Waals surface area contributed by atoms with Crippen LogP contribution in [0.5, 0.6) is 0 Å². The van der Waals surface area contributed by atoms with Crippen LogP contribution >= 0.6 is 0 Å². The number of rotatable bonds is 7. The summed E-state index contributed by atoms with van der Waals surface area (Å²) in [5.74, 6) is 0.111. The molecule has 0 aromatic heterocycles. The molecule has 2 heteroatoms. The minimum Gasteiger partial charge on any atom is -0.339 e. The highest BCUT2D eigenvalue weighted by molar-refractivity contribution is 5.94. The second-order valence-corrected chi connectivity index (χ2v) is 4.60. The van der Waals surface area contributed by atoms with Gasteiger partial charge >= 0.3 is 0 Å². The van der Waals surface area contributed by atoms with Crippen molar-refractivity contribution in [2.75, 3.05) is 13.1 Å². The molecule has 0 saturated heterocycles. The van der Waals surface area contributed by atoms with Crippen LogP contribution in [0.25, 0.3) is 5.57 Å². The SMILES string of the molecule is C=CC(=C)c1ccc(C(=O)N(CCC)CCC)cc1. The van der Waals surface area contributed by atoms with Crippen molar-refractivity contribution in [3.05, 3.63) is 54.6 Å². The molecule has 0 aliphatic heterocycles. The summed E-state index contributed by atoms with van der Waals surface area (Å²) < 4.78 is 0. The first-order chi connectivity index (χ1) is 9.13. The van der Waals surface area contributed by atoms with E-state index in [1.165, 1.54) is 0 Å². The molecule has 0 aliphatic rings. The van der Waals surface area contributed by atoms with Gasteiger partial charge in [0.05, 0.1) is 0 Å². The molecule has 0 saturated carbocycles. The first kappa shape index (κ1) is 15.2. The summed E-state index contributed by atoms with van der Waals surface area (Å²) in [6.07, 6.45) is 3.69. The molecule has 0 N–H and O–H groups in total. The topological polar surface area (TPSA) is 20.3 Å². The zero-order valence-corrected chi connectivity index (χ0v) is 12.0. The van der Waals surface area contributed by atoms with Gasteiger partial charge in [0.2, 0.25) is 0 Å². The molecule has 1 rings (SSSR count). The molecule has 102 valence electrons. The van der Waals surface area contributed by atoms with Crippen molar-refractivity contribution in [2.24, 2.45) is 0 Å². The molecule has 0 aliphatic carbocycles. The van der Waals surface area contributed by atoms with Gasteiger partial charge < -0.3 is 4.90 Å². The molecule has 0 bridgehead atoms. The fraction of sp³-hybridized carbons (Fsp3) is 0.353. The minimum absolute atomic E-state index is 0.111. The van der Waals surface area contributed by atoms with Gasteiger partial charge in [-0.2, -0.15) is 0 Å². The first-order valence-electron chi connectivity index (χ1n) is 6.85. The Kier molecular flexibility index (Phi) is 6.07. The van der Waals surface area contributed by atoms with Gasteiger partial charge in [-0.15, -0.1) is 0 Å². The second-order valence-electron chi connectivity index (χ2n) is 4.60. The Balaban J connectivity index is 2.86. The standard InChI is InChI=1S/C17H23NO/c1-5-12-18(13-6-2)17(19)16-10-8-15(9-11-16)14(4)7-3/h7-11H,3-6,12-13H2,1-2H3. The van der Waals surface area contributed by atoms with Gasteiger partial charge in [-0.3, -0.25) is 4.79 Å². The van der Waals surface area contributed by atoms with E-state index in [4.69, 9.17) is 0 Å². The lowest BCUT2D eigenvalue weighted by atomic mass is 10.0. The van der Waals surface area contributed by atoms with Crippen LogP contribution in [0, 0.1) is 0 Å². The van der Waals surface area contributed by atoms with Crippen LogP contribution in [0.2, 0.25) is 0 Å². The predicted molar refractivity (Wildman–Crippen MR) is 82.2 cm³/mol. The highest BCUT2D eigenvalue weighted by Gasteiger charge is 2.13.